The number of amides is 1. The molecule has 9 heteroatoms. The monoisotopic (exact) mass is 416 g/mol. The molecule has 27 heavy (non-hydrogen) atoms. The number of benzene rings is 1. The molecule has 152 valence electrons. The van der Waals surface area contributed by atoms with Crippen molar-refractivity contribution in [1.82, 2.24) is 19.8 Å². The molecule has 0 aromatic heterocycles. The number of carbonyl (C=O) groups excluding carboxylic acids is 1. The molecular formula is C18H29ClN4O3S. The van der Waals surface area contributed by atoms with Crippen LogP contribution in [0.4, 0.5) is 0 Å². The Balaban J connectivity index is 0.00000261. The van der Waals surface area contributed by atoms with E-state index < -0.39 is 10.0 Å². The van der Waals surface area contributed by atoms with E-state index in [9.17, 15) is 13.2 Å². The van der Waals surface area contributed by atoms with Crippen LogP contribution in [0.1, 0.15) is 18.4 Å². The minimum atomic E-state index is -3.41. The lowest BCUT2D eigenvalue weighted by Crippen LogP contribution is -2.49. The maximum atomic E-state index is 12.5. The van der Waals surface area contributed by atoms with Crippen molar-refractivity contribution in [3.05, 3.63) is 29.8 Å². The number of likely N-dealkylation sites (tertiary alicyclic amines) is 1. The Morgan fingerprint density at radius 3 is 2.48 bits per heavy atom. The molecule has 1 atom stereocenters. The van der Waals surface area contributed by atoms with Gasteiger partial charge in [-0.15, -0.1) is 12.4 Å². The number of rotatable bonds is 6. The number of nitrogens with one attached hydrogen (secondary N) is 2. The molecule has 3 rings (SSSR count). The molecule has 0 spiro atoms. The lowest BCUT2D eigenvalue weighted by atomic mass is 10.1. The van der Waals surface area contributed by atoms with Crippen molar-refractivity contribution < 1.29 is 13.2 Å². The Hall–Kier alpha value is -1.19. The molecule has 0 saturated carbocycles. The van der Waals surface area contributed by atoms with Gasteiger partial charge in [-0.3, -0.25) is 9.69 Å². The zero-order valence-electron chi connectivity index (χ0n) is 15.7. The van der Waals surface area contributed by atoms with Crippen molar-refractivity contribution >= 4 is 28.3 Å². The number of nitrogens with zero attached hydrogens (tertiary/aromatic N) is 2. The minimum absolute atomic E-state index is 0. The van der Waals surface area contributed by atoms with Gasteiger partial charge in [-0.2, -0.15) is 0 Å². The first kappa shape index (κ1) is 22.1. The van der Waals surface area contributed by atoms with Gasteiger partial charge in [0.25, 0.3) is 0 Å². The van der Waals surface area contributed by atoms with Crippen LogP contribution in [0.3, 0.4) is 0 Å². The smallest absolute Gasteiger partial charge is 0.240 e. The van der Waals surface area contributed by atoms with Gasteiger partial charge in [0.1, 0.15) is 0 Å². The number of sulfonamides is 1. The summed E-state index contributed by atoms with van der Waals surface area (Å²) in [5.74, 6) is 0.189. The maximum Gasteiger partial charge on any atom is 0.240 e. The van der Waals surface area contributed by atoms with E-state index in [1.54, 1.807) is 24.3 Å². The Labute approximate surface area is 167 Å². The summed E-state index contributed by atoms with van der Waals surface area (Å²) in [6, 6.07) is 7.23. The van der Waals surface area contributed by atoms with Crippen LogP contribution >= 0.6 is 12.4 Å². The SMILES string of the molecule is CNS(=O)(=O)c1ccc(CCC(=O)N2CCC(N3CCNCC3)C2)cc1.Cl. The predicted molar refractivity (Wildman–Crippen MR) is 108 cm³/mol. The van der Waals surface area contributed by atoms with E-state index in [0.29, 0.717) is 18.9 Å². The lowest BCUT2D eigenvalue weighted by Gasteiger charge is -2.32. The molecule has 2 aliphatic rings. The average molecular weight is 417 g/mol. The molecule has 0 bridgehead atoms. The summed E-state index contributed by atoms with van der Waals surface area (Å²) >= 11 is 0. The zero-order chi connectivity index (χ0) is 18.6. The van der Waals surface area contributed by atoms with Crippen molar-refractivity contribution in [2.75, 3.05) is 46.3 Å². The van der Waals surface area contributed by atoms with E-state index in [1.807, 2.05) is 4.90 Å². The molecule has 2 saturated heterocycles. The van der Waals surface area contributed by atoms with Crippen LogP contribution in [0.15, 0.2) is 29.2 Å². The average Bonchev–Trinajstić information content (AvgIpc) is 3.17. The number of aryl methyl sites for hydroxylation is 1. The van der Waals surface area contributed by atoms with Crippen LogP contribution in [0.5, 0.6) is 0 Å². The normalized spacial score (nSPS) is 21.1. The summed E-state index contributed by atoms with van der Waals surface area (Å²) in [5, 5.41) is 3.36. The van der Waals surface area contributed by atoms with Gasteiger partial charge >= 0.3 is 0 Å². The van der Waals surface area contributed by atoms with Gasteiger partial charge in [0, 0.05) is 51.7 Å². The lowest BCUT2D eigenvalue weighted by molar-refractivity contribution is -0.130. The Morgan fingerprint density at radius 2 is 1.85 bits per heavy atom. The third kappa shape index (κ3) is 5.65. The molecular weight excluding hydrogens is 388 g/mol. The van der Waals surface area contributed by atoms with E-state index in [0.717, 1.165) is 51.3 Å². The third-order valence-electron chi connectivity index (χ3n) is 5.31. The fourth-order valence-electron chi connectivity index (χ4n) is 3.68. The highest BCUT2D eigenvalue weighted by Crippen LogP contribution is 2.18. The standard InChI is InChI=1S/C18H28N4O3S.ClH/c1-19-26(24,25)17-5-2-15(3-6-17)4-7-18(23)22-11-8-16(14-22)21-12-9-20-10-13-21;/h2-3,5-6,16,19-20H,4,7-14H2,1H3;1H. The van der Waals surface area contributed by atoms with Gasteiger partial charge in [-0.05, 0) is 37.6 Å². The van der Waals surface area contributed by atoms with Crippen LogP contribution < -0.4 is 10.0 Å². The van der Waals surface area contributed by atoms with E-state index in [-0.39, 0.29) is 23.2 Å². The van der Waals surface area contributed by atoms with Crippen LogP contribution in [-0.4, -0.2) is 76.5 Å². The molecule has 1 aromatic rings. The number of hydrogen-bond acceptors (Lipinski definition) is 5. The van der Waals surface area contributed by atoms with Gasteiger partial charge in [0.05, 0.1) is 4.90 Å². The van der Waals surface area contributed by atoms with E-state index in [4.69, 9.17) is 0 Å². The Kier molecular flexibility index (Phi) is 8.05. The van der Waals surface area contributed by atoms with Gasteiger partial charge in [-0.1, -0.05) is 12.1 Å². The molecule has 2 heterocycles. The third-order valence-corrected chi connectivity index (χ3v) is 6.74. The highest BCUT2D eigenvalue weighted by atomic mass is 35.5. The van der Waals surface area contributed by atoms with E-state index in [2.05, 4.69) is 14.9 Å². The Morgan fingerprint density at radius 1 is 1.19 bits per heavy atom. The fraction of sp³-hybridized carbons (Fsp3) is 0.611. The quantitative estimate of drug-likeness (QED) is 0.703. The molecule has 2 N–H and O–H groups in total. The second-order valence-electron chi connectivity index (χ2n) is 6.92. The summed E-state index contributed by atoms with van der Waals surface area (Å²) in [7, 11) is -2.02. The zero-order valence-corrected chi connectivity index (χ0v) is 17.3. The number of halogens is 1. The van der Waals surface area contributed by atoms with Crippen molar-refractivity contribution in [2.24, 2.45) is 0 Å². The van der Waals surface area contributed by atoms with Crippen LogP contribution in [0, 0.1) is 0 Å². The summed E-state index contributed by atoms with van der Waals surface area (Å²) < 4.78 is 25.8. The van der Waals surface area contributed by atoms with Crippen molar-refractivity contribution in [2.45, 2.75) is 30.2 Å². The molecule has 1 aromatic carbocycles. The predicted octanol–water partition coefficient (Wildman–Crippen LogP) is 0.455. The number of carbonyl (C=O) groups is 1. The largest absolute Gasteiger partial charge is 0.341 e. The molecule has 1 unspecified atom stereocenters. The van der Waals surface area contributed by atoms with Gasteiger partial charge in [0.2, 0.25) is 15.9 Å². The van der Waals surface area contributed by atoms with Crippen LogP contribution in [-0.2, 0) is 21.2 Å². The Bertz CT molecular complexity index is 721. The molecule has 0 radical (unpaired) electrons. The second kappa shape index (κ2) is 9.84. The first-order chi connectivity index (χ1) is 12.5. The van der Waals surface area contributed by atoms with Crippen LogP contribution in [0.2, 0.25) is 0 Å². The second-order valence-corrected chi connectivity index (χ2v) is 8.81. The van der Waals surface area contributed by atoms with Crippen molar-refractivity contribution in [3.8, 4) is 0 Å². The summed E-state index contributed by atoms with van der Waals surface area (Å²) in [4.78, 5) is 17.2. The number of hydrogen-bond donors (Lipinski definition) is 2. The van der Waals surface area contributed by atoms with Crippen molar-refractivity contribution in [3.63, 3.8) is 0 Å². The summed E-state index contributed by atoms with van der Waals surface area (Å²) in [6.07, 6.45) is 2.15. The summed E-state index contributed by atoms with van der Waals surface area (Å²) in [6.45, 7) is 5.86. The van der Waals surface area contributed by atoms with Gasteiger partial charge in [-0.25, -0.2) is 13.1 Å². The summed E-state index contributed by atoms with van der Waals surface area (Å²) in [5.41, 5.74) is 0.978. The molecule has 2 aliphatic heterocycles. The first-order valence-corrected chi connectivity index (χ1v) is 10.7. The topological polar surface area (TPSA) is 81.8 Å². The molecule has 0 aliphatic carbocycles. The minimum Gasteiger partial charge on any atom is -0.341 e. The van der Waals surface area contributed by atoms with Gasteiger partial charge < -0.3 is 10.2 Å². The maximum absolute atomic E-state index is 12.5. The van der Waals surface area contributed by atoms with Gasteiger partial charge in [0.15, 0.2) is 0 Å². The molecule has 7 nitrogen and oxygen atoms in total. The molecule has 2 fully saturated rings. The van der Waals surface area contributed by atoms with Crippen molar-refractivity contribution in [1.29, 1.82) is 0 Å². The highest BCUT2D eigenvalue weighted by Gasteiger charge is 2.30. The fourth-order valence-corrected chi connectivity index (χ4v) is 4.41. The number of piperazine rings is 1. The molecule has 1 amide bonds. The van der Waals surface area contributed by atoms with E-state index >= 15 is 0 Å². The van der Waals surface area contributed by atoms with Crippen LogP contribution in [0.25, 0.3) is 0 Å². The first-order valence-electron chi connectivity index (χ1n) is 9.24. The highest BCUT2D eigenvalue weighted by molar-refractivity contribution is 7.89. The van der Waals surface area contributed by atoms with E-state index in [1.165, 1.54) is 7.05 Å².